The van der Waals surface area contributed by atoms with Crippen LogP contribution >= 0.6 is 0 Å². The predicted molar refractivity (Wildman–Crippen MR) is 94.4 cm³/mol. The molecule has 9 heteroatoms. The molecular formula is C17H19N7O2. The van der Waals surface area contributed by atoms with Crippen LogP contribution in [0.2, 0.25) is 0 Å². The number of hydrogen-bond acceptors (Lipinski definition) is 8. The first-order valence-electron chi connectivity index (χ1n) is 8.53. The van der Waals surface area contributed by atoms with Crippen molar-refractivity contribution in [3.63, 3.8) is 0 Å². The van der Waals surface area contributed by atoms with Gasteiger partial charge in [0, 0.05) is 18.7 Å². The van der Waals surface area contributed by atoms with Gasteiger partial charge in [0.15, 0.2) is 0 Å². The maximum absolute atomic E-state index is 5.51. The fraction of sp³-hybridized carbons (Fsp3) is 0.353. The van der Waals surface area contributed by atoms with Crippen LogP contribution in [0.3, 0.4) is 0 Å². The predicted octanol–water partition coefficient (Wildman–Crippen LogP) is 1.35. The van der Waals surface area contributed by atoms with Crippen molar-refractivity contribution < 1.29 is 9.47 Å². The Morgan fingerprint density at radius 1 is 1.04 bits per heavy atom. The fourth-order valence-electron chi connectivity index (χ4n) is 2.64. The van der Waals surface area contributed by atoms with Crippen LogP contribution in [0.25, 0.3) is 17.2 Å². The zero-order valence-electron chi connectivity index (χ0n) is 14.4. The molecule has 1 saturated heterocycles. The van der Waals surface area contributed by atoms with Gasteiger partial charge in [-0.2, -0.15) is 19.6 Å². The Labute approximate surface area is 150 Å². The second-order valence-corrected chi connectivity index (χ2v) is 5.66. The molecule has 4 rings (SSSR count). The van der Waals surface area contributed by atoms with E-state index in [9.17, 15) is 0 Å². The monoisotopic (exact) mass is 353 g/mol. The van der Waals surface area contributed by atoms with Crippen LogP contribution in [0.1, 0.15) is 6.92 Å². The van der Waals surface area contributed by atoms with E-state index in [1.54, 1.807) is 6.20 Å². The van der Waals surface area contributed by atoms with Crippen molar-refractivity contribution in [3.8, 4) is 23.2 Å². The molecule has 0 atom stereocenters. The molecule has 1 fully saturated rings. The molecule has 9 nitrogen and oxygen atoms in total. The summed E-state index contributed by atoms with van der Waals surface area (Å²) < 4.78 is 12.4. The van der Waals surface area contributed by atoms with Crippen molar-refractivity contribution in [1.82, 2.24) is 29.9 Å². The minimum atomic E-state index is 0.274. The molecule has 0 amide bonds. The summed E-state index contributed by atoms with van der Waals surface area (Å²) in [7, 11) is 0. The highest BCUT2D eigenvalue weighted by molar-refractivity contribution is 5.57. The molecule has 134 valence electrons. The zero-order chi connectivity index (χ0) is 17.8. The molecular weight excluding hydrogens is 334 g/mol. The summed E-state index contributed by atoms with van der Waals surface area (Å²) >= 11 is 0. The van der Waals surface area contributed by atoms with Crippen molar-refractivity contribution in [1.29, 1.82) is 0 Å². The highest BCUT2D eigenvalue weighted by atomic mass is 16.5. The molecule has 1 aromatic carbocycles. The first-order valence-corrected chi connectivity index (χ1v) is 8.53. The molecule has 0 N–H and O–H groups in total. The normalized spacial score (nSPS) is 14.4. The lowest BCUT2D eigenvalue weighted by Crippen LogP contribution is -2.37. The molecule has 1 aliphatic rings. The van der Waals surface area contributed by atoms with Crippen molar-refractivity contribution in [2.24, 2.45) is 0 Å². The van der Waals surface area contributed by atoms with Crippen molar-refractivity contribution >= 4 is 5.95 Å². The van der Waals surface area contributed by atoms with E-state index in [1.165, 1.54) is 4.68 Å². The van der Waals surface area contributed by atoms with Crippen molar-refractivity contribution in [2.45, 2.75) is 6.92 Å². The van der Waals surface area contributed by atoms with Gasteiger partial charge in [0.05, 0.1) is 26.0 Å². The number of morpholine rings is 1. The summed E-state index contributed by atoms with van der Waals surface area (Å²) in [5.74, 6) is 0.929. The third-order valence-corrected chi connectivity index (χ3v) is 3.93. The van der Waals surface area contributed by atoms with Gasteiger partial charge in [-0.1, -0.05) is 35.5 Å². The van der Waals surface area contributed by atoms with Crippen LogP contribution in [0.15, 0.2) is 36.5 Å². The first kappa shape index (κ1) is 16.4. The fourth-order valence-corrected chi connectivity index (χ4v) is 2.64. The number of ether oxygens (including phenoxy) is 2. The molecule has 1 aliphatic heterocycles. The number of rotatable bonds is 5. The van der Waals surface area contributed by atoms with Gasteiger partial charge >= 0.3 is 6.01 Å². The van der Waals surface area contributed by atoms with Gasteiger partial charge in [-0.05, 0) is 6.92 Å². The number of hydrogen-bond donors (Lipinski definition) is 0. The van der Waals surface area contributed by atoms with Crippen LogP contribution in [0, 0.1) is 0 Å². The van der Waals surface area contributed by atoms with E-state index >= 15 is 0 Å². The molecule has 0 radical (unpaired) electrons. The lowest BCUT2D eigenvalue weighted by Gasteiger charge is -2.26. The highest BCUT2D eigenvalue weighted by Crippen LogP contribution is 2.19. The Morgan fingerprint density at radius 2 is 1.81 bits per heavy atom. The van der Waals surface area contributed by atoms with E-state index in [0.29, 0.717) is 31.7 Å². The summed E-state index contributed by atoms with van der Waals surface area (Å²) in [4.78, 5) is 15.3. The van der Waals surface area contributed by atoms with Crippen molar-refractivity contribution in [3.05, 3.63) is 36.5 Å². The Morgan fingerprint density at radius 3 is 2.58 bits per heavy atom. The summed E-state index contributed by atoms with van der Waals surface area (Å²) in [6, 6.07) is 10.1. The van der Waals surface area contributed by atoms with Gasteiger partial charge in [0.25, 0.3) is 5.95 Å². The number of aromatic nitrogens is 6. The quantitative estimate of drug-likeness (QED) is 0.679. The second kappa shape index (κ2) is 7.44. The maximum Gasteiger partial charge on any atom is 0.323 e. The first-order chi connectivity index (χ1) is 12.8. The van der Waals surface area contributed by atoms with Gasteiger partial charge in [-0.3, -0.25) is 0 Å². The van der Waals surface area contributed by atoms with Gasteiger partial charge in [-0.15, -0.1) is 5.10 Å². The molecule has 0 aliphatic carbocycles. The second-order valence-electron chi connectivity index (χ2n) is 5.66. The SMILES string of the molecule is CCOc1nc(N2CCOCC2)nc(-n2cc(-c3ccccc3)nn2)n1. The Bertz CT molecular complexity index is 863. The van der Waals surface area contributed by atoms with Crippen LogP contribution in [-0.4, -0.2) is 62.9 Å². The van der Waals surface area contributed by atoms with Crippen LogP contribution < -0.4 is 9.64 Å². The molecule has 0 unspecified atom stereocenters. The van der Waals surface area contributed by atoms with Crippen LogP contribution in [0.4, 0.5) is 5.95 Å². The summed E-state index contributed by atoms with van der Waals surface area (Å²) in [6.07, 6.45) is 1.80. The Kier molecular flexibility index (Phi) is 4.69. The molecule has 0 spiro atoms. The van der Waals surface area contributed by atoms with Crippen molar-refractivity contribution in [2.75, 3.05) is 37.8 Å². The van der Waals surface area contributed by atoms with Crippen LogP contribution in [-0.2, 0) is 4.74 Å². The number of nitrogens with zero attached hydrogens (tertiary/aromatic N) is 7. The van der Waals surface area contributed by atoms with E-state index in [2.05, 4.69) is 25.3 Å². The minimum Gasteiger partial charge on any atom is -0.464 e. The highest BCUT2D eigenvalue weighted by Gasteiger charge is 2.18. The summed E-state index contributed by atoms with van der Waals surface area (Å²) in [6.45, 7) is 5.10. The topological polar surface area (TPSA) is 91.1 Å². The van der Waals surface area contributed by atoms with Gasteiger partial charge in [0.2, 0.25) is 5.95 Å². The maximum atomic E-state index is 5.51. The molecule has 26 heavy (non-hydrogen) atoms. The molecule has 3 aromatic rings. The van der Waals surface area contributed by atoms with E-state index in [1.807, 2.05) is 42.2 Å². The average Bonchev–Trinajstić information content (AvgIpc) is 3.20. The largest absolute Gasteiger partial charge is 0.464 e. The number of anilines is 1. The zero-order valence-corrected chi connectivity index (χ0v) is 14.4. The van der Waals surface area contributed by atoms with E-state index < -0.39 is 0 Å². The third-order valence-electron chi connectivity index (χ3n) is 3.93. The Balaban J connectivity index is 1.69. The van der Waals surface area contributed by atoms with Gasteiger partial charge in [-0.25, -0.2) is 0 Å². The molecule has 2 aromatic heterocycles. The lowest BCUT2D eigenvalue weighted by molar-refractivity contribution is 0.122. The Hall–Kier alpha value is -3.07. The summed E-state index contributed by atoms with van der Waals surface area (Å²) in [5, 5.41) is 8.38. The molecule has 3 heterocycles. The molecule has 0 bridgehead atoms. The molecule has 0 saturated carbocycles. The average molecular weight is 353 g/mol. The smallest absolute Gasteiger partial charge is 0.323 e. The summed E-state index contributed by atoms with van der Waals surface area (Å²) in [5.41, 5.74) is 1.73. The van der Waals surface area contributed by atoms with E-state index in [4.69, 9.17) is 9.47 Å². The van der Waals surface area contributed by atoms with Crippen LogP contribution in [0.5, 0.6) is 6.01 Å². The van der Waals surface area contributed by atoms with E-state index in [0.717, 1.165) is 24.3 Å². The lowest BCUT2D eigenvalue weighted by atomic mass is 10.2. The number of benzene rings is 1. The van der Waals surface area contributed by atoms with Gasteiger partial charge < -0.3 is 14.4 Å². The van der Waals surface area contributed by atoms with Gasteiger partial charge in [0.1, 0.15) is 5.69 Å². The minimum absolute atomic E-state index is 0.274. The van der Waals surface area contributed by atoms with E-state index in [-0.39, 0.29) is 6.01 Å². The standard InChI is InChI=1S/C17H19N7O2/c1-2-26-17-19-15(23-8-10-25-11-9-23)18-16(20-17)24-12-14(21-22-24)13-6-4-3-5-7-13/h3-7,12H,2,8-11H2,1H3. The third kappa shape index (κ3) is 3.47.